The molecule has 7 heteroatoms. The number of nitrogens with one attached hydrogen (secondary N) is 3. The number of benzene rings is 2. The van der Waals surface area contributed by atoms with Crippen LogP contribution < -0.4 is 15.5 Å². The van der Waals surface area contributed by atoms with Crippen molar-refractivity contribution in [3.63, 3.8) is 0 Å². The highest BCUT2D eigenvalue weighted by molar-refractivity contribution is 7.90. The lowest BCUT2D eigenvalue weighted by Crippen LogP contribution is -2.32. The molecule has 0 aliphatic carbocycles. The first-order chi connectivity index (χ1) is 14.5. The summed E-state index contributed by atoms with van der Waals surface area (Å²) in [6.45, 7) is 2.03. The van der Waals surface area contributed by atoms with Gasteiger partial charge in [0.2, 0.25) is 0 Å². The van der Waals surface area contributed by atoms with Crippen LogP contribution in [0.4, 0.5) is 5.69 Å². The zero-order valence-electron chi connectivity index (χ0n) is 17.4. The van der Waals surface area contributed by atoms with Gasteiger partial charge in [-0.1, -0.05) is 12.1 Å². The Labute approximate surface area is 181 Å². The van der Waals surface area contributed by atoms with Crippen LogP contribution in [0.2, 0.25) is 0 Å². The number of rotatable bonds is 8. The molecule has 0 aromatic heterocycles. The topological polar surface area (TPSA) is 91.3 Å². The largest absolute Gasteiger partial charge is 0.612 e. The van der Waals surface area contributed by atoms with Gasteiger partial charge in [0.1, 0.15) is 6.26 Å². The van der Waals surface area contributed by atoms with Gasteiger partial charge in [-0.2, -0.15) is 0 Å². The van der Waals surface area contributed by atoms with E-state index in [0.717, 1.165) is 46.7 Å². The Kier molecular flexibility index (Phi) is 7.54. The molecule has 0 bridgehead atoms. The van der Waals surface area contributed by atoms with Gasteiger partial charge >= 0.3 is 0 Å². The Hall–Kier alpha value is -2.77. The number of hydrogen-bond donors (Lipinski definition) is 3. The van der Waals surface area contributed by atoms with Crippen molar-refractivity contribution in [1.29, 1.82) is 5.41 Å². The maximum atomic E-state index is 12.6. The highest BCUT2D eigenvalue weighted by Crippen LogP contribution is 2.28. The standard InChI is InChI=1S/C23H28N4O2S/c1-25-14-18(13-24)16-27-11-3-4-19-12-20(7-10-22(19)27)23(28)26-15-17-5-8-21(9-6-17)30(2)29/h5-10,12-14,24-25H,3-4,11,15-16H2,1-2H3,(H,26,28)/b18-14+,24-13?. The lowest BCUT2D eigenvalue weighted by Gasteiger charge is -2.31. The van der Waals surface area contributed by atoms with Crippen LogP contribution in [-0.4, -0.2) is 43.1 Å². The van der Waals surface area contributed by atoms with E-state index < -0.39 is 11.2 Å². The summed E-state index contributed by atoms with van der Waals surface area (Å²) in [6, 6.07) is 13.3. The van der Waals surface area contributed by atoms with E-state index in [0.29, 0.717) is 18.7 Å². The van der Waals surface area contributed by atoms with Crippen molar-refractivity contribution in [1.82, 2.24) is 10.6 Å². The van der Waals surface area contributed by atoms with Gasteiger partial charge in [0.05, 0.1) is 0 Å². The predicted molar refractivity (Wildman–Crippen MR) is 123 cm³/mol. The monoisotopic (exact) mass is 424 g/mol. The molecule has 0 saturated heterocycles. The van der Waals surface area contributed by atoms with Gasteiger partial charge in [0.15, 0.2) is 4.90 Å². The van der Waals surface area contributed by atoms with Crippen LogP contribution in [0, 0.1) is 5.41 Å². The summed E-state index contributed by atoms with van der Waals surface area (Å²) in [6.07, 6.45) is 6.83. The van der Waals surface area contributed by atoms with Crippen molar-refractivity contribution in [3.05, 3.63) is 70.9 Å². The summed E-state index contributed by atoms with van der Waals surface area (Å²) in [5, 5.41) is 13.5. The third kappa shape index (κ3) is 5.43. The van der Waals surface area contributed by atoms with E-state index in [-0.39, 0.29) is 5.91 Å². The molecule has 3 rings (SSSR count). The Morgan fingerprint density at radius 1 is 1.27 bits per heavy atom. The van der Waals surface area contributed by atoms with E-state index in [4.69, 9.17) is 5.41 Å². The quantitative estimate of drug-likeness (QED) is 0.449. The fraction of sp³-hybridized carbons (Fsp3) is 0.304. The van der Waals surface area contributed by atoms with Gasteiger partial charge in [-0.15, -0.1) is 0 Å². The molecule has 1 amide bonds. The lowest BCUT2D eigenvalue weighted by atomic mass is 9.98. The second kappa shape index (κ2) is 10.3. The van der Waals surface area contributed by atoms with Crippen molar-refractivity contribution >= 4 is 29.0 Å². The summed E-state index contributed by atoms with van der Waals surface area (Å²) in [5.41, 5.74) is 4.82. The van der Waals surface area contributed by atoms with Crippen LogP contribution in [-0.2, 0) is 24.1 Å². The van der Waals surface area contributed by atoms with E-state index in [1.165, 1.54) is 6.21 Å². The lowest BCUT2D eigenvalue weighted by molar-refractivity contribution is 0.0951. The van der Waals surface area contributed by atoms with Gasteiger partial charge < -0.3 is 25.5 Å². The van der Waals surface area contributed by atoms with Gasteiger partial charge in [0.25, 0.3) is 5.91 Å². The number of carbonyl (C=O) groups excluding carboxylic acids is 1. The molecule has 1 atom stereocenters. The van der Waals surface area contributed by atoms with Crippen LogP contribution in [0.3, 0.4) is 0 Å². The van der Waals surface area contributed by atoms with Gasteiger partial charge in [-0.05, 0) is 65.5 Å². The zero-order chi connectivity index (χ0) is 21.5. The molecule has 1 heterocycles. The first kappa shape index (κ1) is 21.9. The number of nitrogens with zero attached hydrogens (tertiary/aromatic N) is 1. The number of anilines is 1. The second-order valence-corrected chi connectivity index (χ2v) is 8.68. The fourth-order valence-electron chi connectivity index (χ4n) is 3.60. The number of hydrogen-bond acceptors (Lipinski definition) is 5. The van der Waals surface area contributed by atoms with E-state index in [9.17, 15) is 9.35 Å². The van der Waals surface area contributed by atoms with Crippen LogP contribution in [0.5, 0.6) is 0 Å². The predicted octanol–water partition coefficient (Wildman–Crippen LogP) is 2.86. The molecule has 0 fully saturated rings. The molecule has 0 radical (unpaired) electrons. The Morgan fingerprint density at radius 3 is 2.70 bits per heavy atom. The summed E-state index contributed by atoms with van der Waals surface area (Å²) in [7, 11) is 1.83. The second-order valence-electron chi connectivity index (χ2n) is 7.30. The molecule has 158 valence electrons. The number of carbonyl (C=O) groups is 1. The summed E-state index contributed by atoms with van der Waals surface area (Å²) in [5.74, 6) is -0.103. The first-order valence-electron chi connectivity index (χ1n) is 9.97. The molecule has 0 saturated carbocycles. The molecule has 30 heavy (non-hydrogen) atoms. The summed E-state index contributed by atoms with van der Waals surface area (Å²) < 4.78 is 11.5. The van der Waals surface area contributed by atoms with Crippen LogP contribution in [0.1, 0.15) is 27.9 Å². The minimum absolute atomic E-state index is 0.103. The third-order valence-corrected chi connectivity index (χ3v) is 6.09. The van der Waals surface area contributed by atoms with Gasteiger partial charge in [-0.3, -0.25) is 4.79 Å². The molecule has 3 N–H and O–H groups in total. The van der Waals surface area contributed by atoms with Gasteiger partial charge in [-0.25, -0.2) is 0 Å². The zero-order valence-corrected chi connectivity index (χ0v) is 18.2. The molecule has 0 spiro atoms. The number of aryl methyl sites for hydroxylation is 1. The van der Waals surface area contributed by atoms with Crippen LogP contribution >= 0.6 is 0 Å². The summed E-state index contributed by atoms with van der Waals surface area (Å²) >= 11 is -1.00. The van der Waals surface area contributed by atoms with E-state index in [1.54, 1.807) is 6.26 Å². The molecule has 2 aromatic carbocycles. The molecule has 2 aromatic rings. The normalized spacial score (nSPS) is 14.6. The number of amides is 1. The van der Waals surface area contributed by atoms with E-state index in [2.05, 4.69) is 15.5 Å². The van der Waals surface area contributed by atoms with Crippen LogP contribution in [0.25, 0.3) is 0 Å². The average molecular weight is 425 g/mol. The van der Waals surface area contributed by atoms with E-state index >= 15 is 0 Å². The molecule has 1 aliphatic rings. The highest BCUT2D eigenvalue weighted by Gasteiger charge is 2.19. The van der Waals surface area contributed by atoms with Crippen molar-refractivity contribution in [2.45, 2.75) is 24.3 Å². The minimum atomic E-state index is -1.00. The average Bonchev–Trinajstić information content (AvgIpc) is 2.77. The van der Waals surface area contributed by atoms with Crippen molar-refractivity contribution < 1.29 is 9.35 Å². The Bertz CT molecular complexity index is 925. The molecule has 1 aliphatic heterocycles. The van der Waals surface area contributed by atoms with Crippen molar-refractivity contribution in [2.75, 3.05) is 31.3 Å². The SMILES string of the molecule is CN/C=C(\C=N)CN1CCCc2cc(C(=O)NCc3ccc([S+](C)[O-])cc3)ccc21. The number of fused-ring (bicyclic) bond motifs is 1. The van der Waals surface area contributed by atoms with Crippen molar-refractivity contribution in [3.8, 4) is 0 Å². The minimum Gasteiger partial charge on any atom is -0.612 e. The smallest absolute Gasteiger partial charge is 0.251 e. The molecule has 6 nitrogen and oxygen atoms in total. The highest BCUT2D eigenvalue weighted by atomic mass is 32.2. The summed E-state index contributed by atoms with van der Waals surface area (Å²) in [4.78, 5) is 15.7. The first-order valence-corrected chi connectivity index (χ1v) is 11.5. The van der Waals surface area contributed by atoms with Crippen molar-refractivity contribution in [2.24, 2.45) is 0 Å². The maximum absolute atomic E-state index is 12.6. The Balaban J connectivity index is 1.67. The van der Waals surface area contributed by atoms with E-state index in [1.807, 2.05) is 55.7 Å². The third-order valence-electron chi connectivity index (χ3n) is 5.15. The fourth-order valence-corrected chi connectivity index (χ4v) is 4.12. The Morgan fingerprint density at radius 2 is 2.03 bits per heavy atom. The molecular weight excluding hydrogens is 396 g/mol. The van der Waals surface area contributed by atoms with Gasteiger partial charge in [0, 0.05) is 55.9 Å². The molecule has 1 unspecified atom stereocenters. The van der Waals surface area contributed by atoms with Crippen LogP contribution in [0.15, 0.2) is 59.1 Å². The molecular formula is C23H28N4O2S. The maximum Gasteiger partial charge on any atom is 0.251 e.